The van der Waals surface area contributed by atoms with Gasteiger partial charge in [0.1, 0.15) is 0 Å². The molecule has 24 heavy (non-hydrogen) atoms. The zero-order valence-electron chi connectivity index (χ0n) is 14.3. The van der Waals surface area contributed by atoms with E-state index in [1.165, 1.54) is 11.6 Å². The van der Waals surface area contributed by atoms with Gasteiger partial charge in [-0.1, -0.05) is 61.9 Å². The Kier molecular flexibility index (Phi) is 5.39. The fourth-order valence-corrected chi connectivity index (χ4v) is 2.61. The second-order valence-corrected chi connectivity index (χ2v) is 6.67. The molecule has 2 rings (SSSR count). The minimum absolute atomic E-state index is 0.0619. The number of benzene rings is 2. The molecule has 0 spiro atoms. The van der Waals surface area contributed by atoms with Gasteiger partial charge in [0.05, 0.1) is 12.0 Å². The molecule has 2 aromatic rings. The molecule has 0 aliphatic carbocycles. The normalized spacial score (nSPS) is 11.1. The molecule has 0 aliphatic rings. The van der Waals surface area contributed by atoms with E-state index in [0.717, 1.165) is 5.56 Å². The summed E-state index contributed by atoms with van der Waals surface area (Å²) in [5, 5.41) is 12.1. The van der Waals surface area contributed by atoms with Crippen LogP contribution in [-0.4, -0.2) is 23.5 Å². The van der Waals surface area contributed by atoms with Crippen LogP contribution in [0.2, 0.25) is 0 Å². The lowest BCUT2D eigenvalue weighted by atomic mass is 9.84. The molecule has 0 saturated carbocycles. The average molecular weight is 325 g/mol. The van der Waals surface area contributed by atoms with Gasteiger partial charge in [0.25, 0.3) is 0 Å². The van der Waals surface area contributed by atoms with Crippen LogP contribution in [0.4, 0.5) is 0 Å². The minimum Gasteiger partial charge on any atom is -0.478 e. The molecule has 0 bridgehead atoms. The highest BCUT2D eigenvalue weighted by atomic mass is 16.4. The number of hydrogen-bond donors (Lipinski definition) is 2. The SMILES string of the molecule is Cc1cccc(C(C)(C)CNC(=O)Cc2ccccc2C(=O)O)c1. The van der Waals surface area contributed by atoms with Crippen LogP contribution in [0, 0.1) is 6.92 Å². The van der Waals surface area contributed by atoms with Gasteiger partial charge in [0, 0.05) is 12.0 Å². The summed E-state index contributed by atoms with van der Waals surface area (Å²) < 4.78 is 0. The molecule has 2 N–H and O–H groups in total. The van der Waals surface area contributed by atoms with Gasteiger partial charge in [-0.15, -0.1) is 0 Å². The maximum atomic E-state index is 12.2. The maximum absolute atomic E-state index is 12.2. The molecule has 4 heteroatoms. The molecule has 0 atom stereocenters. The summed E-state index contributed by atoms with van der Waals surface area (Å²) in [5.41, 5.74) is 2.84. The van der Waals surface area contributed by atoms with E-state index < -0.39 is 5.97 Å². The van der Waals surface area contributed by atoms with Gasteiger partial charge < -0.3 is 10.4 Å². The van der Waals surface area contributed by atoms with Crippen LogP contribution >= 0.6 is 0 Å². The van der Waals surface area contributed by atoms with E-state index in [4.69, 9.17) is 0 Å². The molecule has 0 unspecified atom stereocenters. The Morgan fingerprint density at radius 3 is 2.46 bits per heavy atom. The summed E-state index contributed by atoms with van der Waals surface area (Å²) in [5.74, 6) is -1.19. The van der Waals surface area contributed by atoms with E-state index in [2.05, 4.69) is 31.3 Å². The lowest BCUT2D eigenvalue weighted by Gasteiger charge is -2.26. The topological polar surface area (TPSA) is 66.4 Å². The van der Waals surface area contributed by atoms with Crippen molar-refractivity contribution in [3.63, 3.8) is 0 Å². The Morgan fingerprint density at radius 2 is 1.79 bits per heavy atom. The van der Waals surface area contributed by atoms with E-state index in [1.807, 2.05) is 19.1 Å². The van der Waals surface area contributed by atoms with Crippen molar-refractivity contribution in [2.45, 2.75) is 32.6 Å². The smallest absolute Gasteiger partial charge is 0.335 e. The number of amides is 1. The van der Waals surface area contributed by atoms with E-state index in [-0.39, 0.29) is 23.3 Å². The number of hydrogen-bond acceptors (Lipinski definition) is 2. The van der Waals surface area contributed by atoms with Crippen LogP contribution in [-0.2, 0) is 16.6 Å². The highest BCUT2D eigenvalue weighted by molar-refractivity contribution is 5.91. The summed E-state index contributed by atoms with van der Waals surface area (Å²) in [4.78, 5) is 23.4. The molecule has 126 valence electrons. The summed E-state index contributed by atoms with van der Waals surface area (Å²) >= 11 is 0. The molecule has 0 saturated heterocycles. The maximum Gasteiger partial charge on any atom is 0.335 e. The van der Waals surface area contributed by atoms with Crippen molar-refractivity contribution in [3.05, 3.63) is 70.8 Å². The summed E-state index contributed by atoms with van der Waals surface area (Å²) in [6.07, 6.45) is 0.0619. The number of carbonyl (C=O) groups is 2. The largest absolute Gasteiger partial charge is 0.478 e. The molecule has 0 fully saturated rings. The predicted molar refractivity (Wildman–Crippen MR) is 94.3 cm³/mol. The van der Waals surface area contributed by atoms with Crippen molar-refractivity contribution < 1.29 is 14.7 Å². The van der Waals surface area contributed by atoms with Gasteiger partial charge in [-0.2, -0.15) is 0 Å². The molecular formula is C20H23NO3. The van der Waals surface area contributed by atoms with Crippen molar-refractivity contribution in [1.29, 1.82) is 0 Å². The number of nitrogens with one attached hydrogen (secondary N) is 1. The summed E-state index contributed by atoms with van der Waals surface area (Å²) in [7, 11) is 0. The molecule has 2 aromatic carbocycles. The Balaban J connectivity index is 2.02. The van der Waals surface area contributed by atoms with Crippen LogP contribution in [0.15, 0.2) is 48.5 Å². The van der Waals surface area contributed by atoms with Crippen LogP contribution in [0.25, 0.3) is 0 Å². The Morgan fingerprint density at radius 1 is 1.08 bits per heavy atom. The number of rotatable bonds is 6. The van der Waals surface area contributed by atoms with Crippen LogP contribution < -0.4 is 5.32 Å². The zero-order valence-corrected chi connectivity index (χ0v) is 14.3. The van der Waals surface area contributed by atoms with Gasteiger partial charge in [0.2, 0.25) is 5.91 Å². The molecule has 0 aromatic heterocycles. The Bertz CT molecular complexity index is 750. The average Bonchev–Trinajstić information content (AvgIpc) is 2.53. The fraction of sp³-hybridized carbons (Fsp3) is 0.300. The van der Waals surface area contributed by atoms with E-state index in [0.29, 0.717) is 12.1 Å². The summed E-state index contributed by atoms with van der Waals surface area (Å²) in [6.45, 7) is 6.69. The van der Waals surface area contributed by atoms with Crippen molar-refractivity contribution in [2.75, 3.05) is 6.54 Å². The first-order valence-corrected chi connectivity index (χ1v) is 7.94. The lowest BCUT2D eigenvalue weighted by Crippen LogP contribution is -2.37. The highest BCUT2D eigenvalue weighted by Gasteiger charge is 2.22. The van der Waals surface area contributed by atoms with Gasteiger partial charge in [-0.25, -0.2) is 4.79 Å². The van der Waals surface area contributed by atoms with Gasteiger partial charge >= 0.3 is 5.97 Å². The second kappa shape index (κ2) is 7.30. The van der Waals surface area contributed by atoms with Gasteiger partial charge in [-0.3, -0.25) is 4.79 Å². The van der Waals surface area contributed by atoms with Crippen molar-refractivity contribution >= 4 is 11.9 Å². The van der Waals surface area contributed by atoms with Crippen molar-refractivity contribution in [3.8, 4) is 0 Å². The van der Waals surface area contributed by atoms with Crippen molar-refractivity contribution in [1.82, 2.24) is 5.32 Å². The monoisotopic (exact) mass is 325 g/mol. The quantitative estimate of drug-likeness (QED) is 0.856. The highest BCUT2D eigenvalue weighted by Crippen LogP contribution is 2.23. The van der Waals surface area contributed by atoms with Gasteiger partial charge in [-0.05, 0) is 24.1 Å². The molecule has 1 amide bonds. The number of carboxylic acids is 1. The number of carboxylic acid groups (broad SMARTS) is 1. The second-order valence-electron chi connectivity index (χ2n) is 6.67. The summed E-state index contributed by atoms with van der Waals surface area (Å²) in [6, 6.07) is 14.8. The molecular weight excluding hydrogens is 302 g/mol. The standard InChI is InChI=1S/C20H23NO3/c1-14-7-6-9-16(11-14)20(2,3)13-21-18(22)12-15-8-4-5-10-17(15)19(23)24/h4-11H,12-13H2,1-3H3,(H,21,22)(H,23,24). The first-order valence-electron chi connectivity index (χ1n) is 7.94. The molecule has 0 radical (unpaired) electrons. The van der Waals surface area contributed by atoms with Crippen LogP contribution in [0.1, 0.15) is 40.9 Å². The van der Waals surface area contributed by atoms with E-state index in [1.54, 1.807) is 18.2 Å². The number of aryl methyl sites for hydroxylation is 1. The molecule has 4 nitrogen and oxygen atoms in total. The lowest BCUT2D eigenvalue weighted by molar-refractivity contribution is -0.120. The van der Waals surface area contributed by atoms with Crippen molar-refractivity contribution in [2.24, 2.45) is 0 Å². The third kappa shape index (κ3) is 4.44. The first-order chi connectivity index (χ1) is 11.3. The number of carbonyl (C=O) groups excluding carboxylic acids is 1. The zero-order chi connectivity index (χ0) is 17.7. The Hall–Kier alpha value is -2.62. The third-order valence-electron chi connectivity index (χ3n) is 4.13. The third-order valence-corrected chi connectivity index (χ3v) is 4.13. The predicted octanol–water partition coefficient (Wildman–Crippen LogP) is 3.33. The fourth-order valence-electron chi connectivity index (χ4n) is 2.61. The van der Waals surface area contributed by atoms with Crippen LogP contribution in [0.5, 0.6) is 0 Å². The number of aromatic carboxylic acids is 1. The first kappa shape index (κ1) is 17.7. The van der Waals surface area contributed by atoms with E-state index >= 15 is 0 Å². The Labute approximate surface area is 142 Å². The molecule has 0 aliphatic heterocycles. The van der Waals surface area contributed by atoms with Crippen LogP contribution in [0.3, 0.4) is 0 Å². The minimum atomic E-state index is -1.02. The van der Waals surface area contributed by atoms with Gasteiger partial charge in [0.15, 0.2) is 0 Å². The molecule has 0 heterocycles. The van der Waals surface area contributed by atoms with E-state index in [9.17, 15) is 14.7 Å².